The lowest BCUT2D eigenvalue weighted by molar-refractivity contribution is -0.00974. The van der Waals surface area contributed by atoms with E-state index in [2.05, 4.69) is 26.8 Å². The third-order valence-electron chi connectivity index (χ3n) is 3.88. The Balaban J connectivity index is 1.69. The third kappa shape index (κ3) is 4.30. The second-order valence-corrected chi connectivity index (χ2v) is 5.80. The molecular weight excluding hydrogens is 240 g/mol. The van der Waals surface area contributed by atoms with Gasteiger partial charge in [0.2, 0.25) is 0 Å². The van der Waals surface area contributed by atoms with Crippen molar-refractivity contribution >= 4 is 0 Å². The van der Waals surface area contributed by atoms with E-state index in [9.17, 15) is 5.11 Å². The highest BCUT2D eigenvalue weighted by atomic mass is 16.3. The van der Waals surface area contributed by atoms with E-state index in [1.807, 2.05) is 19.4 Å². The number of β-amino-alcohol motifs (C(OH)–C–C–N with tert-alkyl or cyclic N) is 1. The molecule has 0 spiro atoms. The number of aliphatic hydroxyl groups is 1. The van der Waals surface area contributed by atoms with Crippen LogP contribution in [0.15, 0.2) is 12.4 Å². The van der Waals surface area contributed by atoms with Crippen molar-refractivity contribution in [1.82, 2.24) is 19.8 Å². The van der Waals surface area contributed by atoms with Crippen LogP contribution >= 0.6 is 0 Å². The molecule has 0 amide bonds. The number of rotatable bonds is 6. The Labute approximate surface area is 115 Å². The van der Waals surface area contributed by atoms with Crippen molar-refractivity contribution in [3.05, 3.63) is 18.2 Å². The van der Waals surface area contributed by atoms with Crippen LogP contribution < -0.4 is 5.32 Å². The van der Waals surface area contributed by atoms with Gasteiger partial charge in [-0.2, -0.15) is 0 Å². The Morgan fingerprint density at radius 1 is 1.58 bits per heavy atom. The lowest BCUT2D eigenvalue weighted by Gasteiger charge is -2.36. The van der Waals surface area contributed by atoms with E-state index in [-0.39, 0.29) is 0 Å². The summed E-state index contributed by atoms with van der Waals surface area (Å²) < 4.78 is 2.07. The molecule has 1 saturated heterocycles. The fourth-order valence-corrected chi connectivity index (χ4v) is 2.81. The number of likely N-dealkylation sites (N-methyl/N-ethyl adjacent to an activating group) is 1. The highest BCUT2D eigenvalue weighted by Crippen LogP contribution is 2.17. The number of imidazole rings is 1. The molecule has 5 nitrogen and oxygen atoms in total. The van der Waals surface area contributed by atoms with Crippen molar-refractivity contribution in [2.45, 2.75) is 31.3 Å². The average molecular weight is 266 g/mol. The molecule has 0 bridgehead atoms. The van der Waals surface area contributed by atoms with Crippen LogP contribution in [0.4, 0.5) is 0 Å². The summed E-state index contributed by atoms with van der Waals surface area (Å²) in [7, 11) is 4.12. The van der Waals surface area contributed by atoms with Crippen molar-refractivity contribution in [3.63, 3.8) is 0 Å². The van der Waals surface area contributed by atoms with E-state index in [0.717, 1.165) is 57.7 Å². The van der Waals surface area contributed by atoms with Gasteiger partial charge >= 0.3 is 0 Å². The highest BCUT2D eigenvalue weighted by molar-refractivity contribution is 4.91. The van der Waals surface area contributed by atoms with Gasteiger partial charge in [0.25, 0.3) is 0 Å². The quantitative estimate of drug-likeness (QED) is 0.782. The Hall–Kier alpha value is -0.910. The molecule has 1 aliphatic rings. The fraction of sp³-hybridized carbons (Fsp3) is 0.786. The summed E-state index contributed by atoms with van der Waals surface area (Å²) in [6.07, 6.45) is 7.86. The minimum Gasteiger partial charge on any atom is -0.387 e. The van der Waals surface area contributed by atoms with Crippen LogP contribution in [0.25, 0.3) is 0 Å². The number of aryl methyl sites for hydroxylation is 2. The molecule has 1 atom stereocenters. The molecule has 2 N–H and O–H groups in total. The first-order chi connectivity index (χ1) is 9.09. The standard InChI is InChI=1S/C14H26N4O/c1-17(12-14(19)6-4-7-15-11-14)9-3-5-13-16-8-10-18(13)2/h8,10,15,19H,3-7,9,11-12H2,1-2H3/t14-/m0/s1. The second kappa shape index (κ2) is 6.50. The first-order valence-electron chi connectivity index (χ1n) is 7.17. The molecule has 0 aliphatic carbocycles. The van der Waals surface area contributed by atoms with E-state index < -0.39 is 5.60 Å². The topological polar surface area (TPSA) is 53.3 Å². The molecule has 1 aliphatic heterocycles. The van der Waals surface area contributed by atoms with Crippen LogP contribution in [-0.4, -0.2) is 58.4 Å². The summed E-state index contributed by atoms with van der Waals surface area (Å²) in [6, 6.07) is 0. The maximum atomic E-state index is 10.4. The van der Waals surface area contributed by atoms with Gasteiger partial charge in [-0.3, -0.25) is 0 Å². The average Bonchev–Trinajstić information content (AvgIpc) is 2.75. The molecule has 1 aromatic rings. The third-order valence-corrected chi connectivity index (χ3v) is 3.88. The zero-order valence-corrected chi connectivity index (χ0v) is 12.1. The number of aromatic nitrogens is 2. The first-order valence-corrected chi connectivity index (χ1v) is 7.17. The van der Waals surface area contributed by atoms with Crippen molar-refractivity contribution in [2.24, 2.45) is 7.05 Å². The summed E-state index contributed by atoms with van der Waals surface area (Å²) >= 11 is 0. The van der Waals surface area contributed by atoms with Crippen LogP contribution in [0, 0.1) is 0 Å². The minimum atomic E-state index is -0.545. The molecule has 5 heteroatoms. The Bertz CT molecular complexity index is 385. The SMILES string of the molecule is CN(CCCc1nccn1C)C[C@]1(O)CCCNC1. The number of nitrogens with zero attached hydrogens (tertiary/aromatic N) is 3. The highest BCUT2D eigenvalue weighted by Gasteiger charge is 2.30. The Morgan fingerprint density at radius 2 is 2.42 bits per heavy atom. The van der Waals surface area contributed by atoms with Crippen LogP contribution in [-0.2, 0) is 13.5 Å². The summed E-state index contributed by atoms with van der Waals surface area (Å²) in [6.45, 7) is 3.50. The van der Waals surface area contributed by atoms with Crippen LogP contribution in [0.5, 0.6) is 0 Å². The van der Waals surface area contributed by atoms with Gasteiger partial charge in [-0.15, -0.1) is 0 Å². The fourth-order valence-electron chi connectivity index (χ4n) is 2.81. The summed E-state index contributed by atoms with van der Waals surface area (Å²) in [4.78, 5) is 6.56. The monoisotopic (exact) mass is 266 g/mol. The van der Waals surface area contributed by atoms with Gasteiger partial charge in [-0.05, 0) is 39.4 Å². The number of nitrogens with one attached hydrogen (secondary N) is 1. The summed E-state index contributed by atoms with van der Waals surface area (Å²) in [5, 5.41) is 13.7. The zero-order chi connectivity index (χ0) is 13.7. The Morgan fingerprint density at radius 3 is 3.05 bits per heavy atom. The maximum absolute atomic E-state index is 10.4. The molecule has 19 heavy (non-hydrogen) atoms. The predicted octanol–water partition coefficient (Wildman–Crippen LogP) is 0.399. The van der Waals surface area contributed by atoms with Crippen LogP contribution in [0.3, 0.4) is 0 Å². The van der Waals surface area contributed by atoms with E-state index in [1.54, 1.807) is 0 Å². The van der Waals surface area contributed by atoms with Gasteiger partial charge in [0.1, 0.15) is 5.82 Å². The predicted molar refractivity (Wildman–Crippen MR) is 76.1 cm³/mol. The molecule has 0 aromatic carbocycles. The van der Waals surface area contributed by atoms with Gasteiger partial charge in [-0.1, -0.05) is 0 Å². The normalized spacial score (nSPS) is 24.0. The van der Waals surface area contributed by atoms with Gasteiger partial charge < -0.3 is 19.9 Å². The lowest BCUT2D eigenvalue weighted by Crippen LogP contribution is -2.52. The van der Waals surface area contributed by atoms with Crippen molar-refractivity contribution in [3.8, 4) is 0 Å². The number of hydrogen-bond donors (Lipinski definition) is 2. The first kappa shape index (κ1) is 14.5. The van der Waals surface area contributed by atoms with Crippen molar-refractivity contribution < 1.29 is 5.11 Å². The summed E-state index contributed by atoms with van der Waals surface area (Å²) in [5.74, 6) is 1.13. The molecule has 0 unspecified atom stereocenters. The van der Waals surface area contributed by atoms with Gasteiger partial charge in [0, 0.05) is 39.0 Å². The van der Waals surface area contributed by atoms with Crippen molar-refractivity contribution in [1.29, 1.82) is 0 Å². The molecule has 0 saturated carbocycles. The molecule has 108 valence electrons. The van der Waals surface area contributed by atoms with E-state index in [1.165, 1.54) is 0 Å². The molecule has 0 radical (unpaired) electrons. The minimum absolute atomic E-state index is 0.545. The van der Waals surface area contributed by atoms with Gasteiger partial charge in [-0.25, -0.2) is 4.98 Å². The van der Waals surface area contributed by atoms with Crippen LogP contribution in [0.2, 0.25) is 0 Å². The Kier molecular flexibility index (Phi) is 4.96. The lowest BCUT2D eigenvalue weighted by atomic mass is 9.93. The molecule has 2 heterocycles. The second-order valence-electron chi connectivity index (χ2n) is 5.80. The van der Waals surface area contributed by atoms with Gasteiger partial charge in [0.05, 0.1) is 5.60 Å². The van der Waals surface area contributed by atoms with E-state index >= 15 is 0 Å². The van der Waals surface area contributed by atoms with Gasteiger partial charge in [0.15, 0.2) is 0 Å². The van der Waals surface area contributed by atoms with E-state index in [0.29, 0.717) is 0 Å². The molecule has 2 rings (SSSR count). The van der Waals surface area contributed by atoms with Crippen LogP contribution in [0.1, 0.15) is 25.1 Å². The molecular formula is C14H26N4O. The maximum Gasteiger partial charge on any atom is 0.108 e. The summed E-state index contributed by atoms with van der Waals surface area (Å²) in [5.41, 5.74) is -0.545. The largest absolute Gasteiger partial charge is 0.387 e. The molecule has 1 aromatic heterocycles. The van der Waals surface area contributed by atoms with Crippen molar-refractivity contribution in [2.75, 3.05) is 33.2 Å². The number of hydrogen-bond acceptors (Lipinski definition) is 4. The zero-order valence-electron chi connectivity index (χ0n) is 12.1. The molecule has 1 fully saturated rings. The number of piperidine rings is 1. The smallest absolute Gasteiger partial charge is 0.108 e. The van der Waals surface area contributed by atoms with E-state index in [4.69, 9.17) is 0 Å².